The van der Waals surface area contributed by atoms with Gasteiger partial charge in [-0.15, -0.1) is 0 Å². The fraction of sp³-hybridized carbons (Fsp3) is 0.263. The first kappa shape index (κ1) is 16.2. The summed E-state index contributed by atoms with van der Waals surface area (Å²) in [7, 11) is 0. The van der Waals surface area contributed by atoms with E-state index in [4.69, 9.17) is 10.5 Å². The van der Waals surface area contributed by atoms with Crippen LogP contribution in [0.15, 0.2) is 42.5 Å². The molecule has 0 aromatic heterocycles. The van der Waals surface area contributed by atoms with E-state index in [1.54, 1.807) is 17.0 Å². The number of nitrogens with two attached hydrogens (primary N) is 1. The molecule has 0 atom stereocenters. The lowest BCUT2D eigenvalue weighted by Crippen LogP contribution is -2.33. The third-order valence-electron chi connectivity index (χ3n) is 4.08. The van der Waals surface area contributed by atoms with Gasteiger partial charge in [0.1, 0.15) is 6.61 Å². The van der Waals surface area contributed by atoms with Crippen LogP contribution in [0.25, 0.3) is 11.1 Å². The van der Waals surface area contributed by atoms with Crippen LogP contribution in [0, 0.1) is 0 Å². The summed E-state index contributed by atoms with van der Waals surface area (Å²) in [4.78, 5) is 25.3. The summed E-state index contributed by atoms with van der Waals surface area (Å²) in [5.41, 5.74) is 9.57. The molecule has 5 heteroatoms. The lowest BCUT2D eigenvalue weighted by molar-refractivity contribution is -0.123. The smallest absolute Gasteiger partial charge is 0.252 e. The van der Waals surface area contributed by atoms with E-state index < -0.39 is 5.91 Å². The molecule has 2 N–H and O–H groups in total. The average Bonchev–Trinajstić information content (AvgIpc) is 2.74. The minimum absolute atomic E-state index is 0.0147. The summed E-state index contributed by atoms with van der Waals surface area (Å²) < 4.78 is 5.50. The Kier molecular flexibility index (Phi) is 4.62. The van der Waals surface area contributed by atoms with Gasteiger partial charge in [-0.05, 0) is 41.8 Å². The van der Waals surface area contributed by atoms with Gasteiger partial charge < -0.3 is 15.4 Å². The van der Waals surface area contributed by atoms with Crippen molar-refractivity contribution in [3.63, 3.8) is 0 Å². The number of anilines is 1. The van der Waals surface area contributed by atoms with Crippen LogP contribution in [0.5, 0.6) is 0 Å². The van der Waals surface area contributed by atoms with Gasteiger partial charge in [0.15, 0.2) is 0 Å². The molecule has 1 aliphatic rings. The summed E-state index contributed by atoms with van der Waals surface area (Å²) in [5, 5.41) is 0. The SMILES string of the molecule is CCCN1C(=O)COCc2cc(-c3cccc(C(N)=O)c3)ccc21. The highest BCUT2D eigenvalue weighted by Crippen LogP contribution is 2.30. The predicted molar refractivity (Wildman–Crippen MR) is 92.7 cm³/mol. The first-order chi connectivity index (χ1) is 11.6. The molecule has 5 nitrogen and oxygen atoms in total. The van der Waals surface area contributed by atoms with Gasteiger partial charge in [0.2, 0.25) is 5.91 Å². The van der Waals surface area contributed by atoms with Crippen LogP contribution < -0.4 is 10.6 Å². The molecule has 2 amide bonds. The van der Waals surface area contributed by atoms with Crippen molar-refractivity contribution in [1.82, 2.24) is 0 Å². The molecule has 0 bridgehead atoms. The van der Waals surface area contributed by atoms with Crippen molar-refractivity contribution in [2.75, 3.05) is 18.1 Å². The standard InChI is InChI=1S/C19H20N2O3/c1-2-8-21-17-7-6-14(10-16(17)11-24-12-18(21)22)13-4-3-5-15(9-13)19(20)23/h3-7,9-10H,2,8,11-12H2,1H3,(H2,20,23). The molecule has 0 saturated carbocycles. The molecule has 0 spiro atoms. The highest BCUT2D eigenvalue weighted by atomic mass is 16.5. The normalized spacial score (nSPS) is 14.2. The maximum atomic E-state index is 12.2. The van der Waals surface area contributed by atoms with Crippen LogP contribution in [-0.4, -0.2) is 25.0 Å². The van der Waals surface area contributed by atoms with Gasteiger partial charge in [0.25, 0.3) is 5.91 Å². The van der Waals surface area contributed by atoms with E-state index in [0.717, 1.165) is 28.8 Å². The molecule has 124 valence electrons. The molecule has 0 aliphatic carbocycles. The highest BCUT2D eigenvalue weighted by Gasteiger charge is 2.22. The molecule has 0 fully saturated rings. The minimum Gasteiger partial charge on any atom is -0.367 e. The van der Waals surface area contributed by atoms with E-state index in [9.17, 15) is 9.59 Å². The first-order valence-electron chi connectivity index (χ1n) is 8.01. The zero-order valence-electron chi connectivity index (χ0n) is 13.6. The fourth-order valence-electron chi connectivity index (χ4n) is 2.93. The second kappa shape index (κ2) is 6.84. The van der Waals surface area contributed by atoms with E-state index in [-0.39, 0.29) is 12.5 Å². The maximum absolute atomic E-state index is 12.2. The summed E-state index contributed by atoms with van der Waals surface area (Å²) in [6.07, 6.45) is 0.883. The average molecular weight is 324 g/mol. The molecule has 3 rings (SSSR count). The van der Waals surface area contributed by atoms with Gasteiger partial charge in [0.05, 0.1) is 6.61 Å². The van der Waals surface area contributed by atoms with Gasteiger partial charge in [-0.3, -0.25) is 9.59 Å². The van der Waals surface area contributed by atoms with Crippen LogP contribution in [0.4, 0.5) is 5.69 Å². The zero-order chi connectivity index (χ0) is 17.1. The third kappa shape index (κ3) is 3.16. The monoisotopic (exact) mass is 324 g/mol. The van der Waals surface area contributed by atoms with Gasteiger partial charge in [0, 0.05) is 23.4 Å². The Morgan fingerprint density at radius 3 is 2.71 bits per heavy atom. The zero-order valence-corrected chi connectivity index (χ0v) is 13.6. The molecular weight excluding hydrogens is 304 g/mol. The lowest BCUT2D eigenvalue weighted by atomic mass is 9.99. The number of hydrogen-bond acceptors (Lipinski definition) is 3. The highest BCUT2D eigenvalue weighted by molar-refractivity contribution is 5.96. The van der Waals surface area contributed by atoms with E-state index in [2.05, 4.69) is 0 Å². The van der Waals surface area contributed by atoms with Crippen molar-refractivity contribution in [3.05, 3.63) is 53.6 Å². The molecule has 24 heavy (non-hydrogen) atoms. The third-order valence-corrected chi connectivity index (χ3v) is 4.08. The minimum atomic E-state index is -0.449. The summed E-state index contributed by atoms with van der Waals surface area (Å²) >= 11 is 0. The Balaban J connectivity index is 2.02. The first-order valence-corrected chi connectivity index (χ1v) is 8.01. The number of ether oxygens (including phenoxy) is 1. The fourth-order valence-corrected chi connectivity index (χ4v) is 2.93. The summed E-state index contributed by atoms with van der Waals surface area (Å²) in [6.45, 7) is 3.21. The largest absolute Gasteiger partial charge is 0.367 e. The van der Waals surface area contributed by atoms with Gasteiger partial charge in [-0.1, -0.05) is 25.1 Å². The Hall–Kier alpha value is -2.66. The molecule has 2 aromatic rings. The molecule has 2 aromatic carbocycles. The number of carbonyl (C=O) groups excluding carboxylic acids is 2. The molecule has 1 aliphatic heterocycles. The molecular formula is C19H20N2O3. The number of fused-ring (bicyclic) bond motifs is 1. The number of carbonyl (C=O) groups is 2. The number of primary amides is 1. The maximum Gasteiger partial charge on any atom is 0.252 e. The van der Waals surface area contributed by atoms with Crippen LogP contribution in [0.3, 0.4) is 0 Å². The molecule has 0 radical (unpaired) electrons. The van der Waals surface area contributed by atoms with Crippen LogP contribution in [-0.2, 0) is 16.1 Å². The van der Waals surface area contributed by atoms with Crippen molar-refractivity contribution in [3.8, 4) is 11.1 Å². The van der Waals surface area contributed by atoms with Gasteiger partial charge >= 0.3 is 0 Å². The lowest BCUT2D eigenvalue weighted by Gasteiger charge is -2.22. The number of hydrogen-bond donors (Lipinski definition) is 1. The van der Waals surface area contributed by atoms with Gasteiger partial charge in [-0.25, -0.2) is 0 Å². The number of nitrogens with zero attached hydrogens (tertiary/aromatic N) is 1. The summed E-state index contributed by atoms with van der Waals surface area (Å²) in [6, 6.07) is 13.1. The van der Waals surface area contributed by atoms with Gasteiger partial charge in [-0.2, -0.15) is 0 Å². The van der Waals surface area contributed by atoms with Crippen LogP contribution >= 0.6 is 0 Å². The number of rotatable bonds is 4. The number of amides is 2. The van der Waals surface area contributed by atoms with Crippen molar-refractivity contribution in [1.29, 1.82) is 0 Å². The topological polar surface area (TPSA) is 72.6 Å². The molecule has 1 heterocycles. The van der Waals surface area contributed by atoms with E-state index in [0.29, 0.717) is 18.7 Å². The van der Waals surface area contributed by atoms with Crippen molar-refractivity contribution in [2.24, 2.45) is 5.73 Å². The molecule has 0 unspecified atom stereocenters. The quantitative estimate of drug-likeness (QED) is 0.940. The van der Waals surface area contributed by atoms with E-state index in [1.165, 1.54) is 0 Å². The van der Waals surface area contributed by atoms with Crippen LogP contribution in [0.1, 0.15) is 29.3 Å². The Labute approximate surface area is 141 Å². The number of benzene rings is 2. The van der Waals surface area contributed by atoms with Crippen molar-refractivity contribution in [2.45, 2.75) is 20.0 Å². The van der Waals surface area contributed by atoms with E-state index >= 15 is 0 Å². The molecule has 0 saturated heterocycles. The van der Waals surface area contributed by atoms with Crippen LogP contribution in [0.2, 0.25) is 0 Å². The van der Waals surface area contributed by atoms with Crippen molar-refractivity contribution < 1.29 is 14.3 Å². The Morgan fingerprint density at radius 1 is 1.17 bits per heavy atom. The van der Waals surface area contributed by atoms with Crippen molar-refractivity contribution >= 4 is 17.5 Å². The Morgan fingerprint density at radius 2 is 1.96 bits per heavy atom. The predicted octanol–water partition coefficient (Wildman–Crippen LogP) is 2.73. The Bertz CT molecular complexity index is 786. The second-order valence-corrected chi connectivity index (χ2v) is 5.83. The summed E-state index contributed by atoms with van der Waals surface area (Å²) in [5.74, 6) is -0.464. The second-order valence-electron chi connectivity index (χ2n) is 5.83. The van der Waals surface area contributed by atoms with E-state index in [1.807, 2.05) is 37.3 Å².